The van der Waals surface area contributed by atoms with Gasteiger partial charge in [-0.2, -0.15) is 0 Å². The fraction of sp³-hybridized carbons (Fsp3) is 0.200. The van der Waals surface area contributed by atoms with E-state index in [0.29, 0.717) is 17.9 Å². The summed E-state index contributed by atoms with van der Waals surface area (Å²) >= 11 is 0. The highest BCUT2D eigenvalue weighted by Crippen LogP contribution is 2.30. The van der Waals surface area contributed by atoms with Gasteiger partial charge in [-0.15, -0.1) is 0 Å². The average Bonchev–Trinajstić information content (AvgIpc) is 3.41. The van der Waals surface area contributed by atoms with Crippen molar-refractivity contribution in [1.29, 1.82) is 0 Å². The van der Waals surface area contributed by atoms with Crippen LogP contribution in [0.5, 0.6) is 5.75 Å². The van der Waals surface area contributed by atoms with Gasteiger partial charge >= 0.3 is 0 Å². The molecule has 2 aromatic carbocycles. The number of pyridine rings is 1. The molecule has 0 saturated heterocycles. The minimum atomic E-state index is -0.154. The van der Waals surface area contributed by atoms with Gasteiger partial charge in [-0.3, -0.25) is 4.79 Å². The highest BCUT2D eigenvalue weighted by Gasteiger charge is 2.18. The lowest BCUT2D eigenvalue weighted by molar-refractivity contribution is 0.102. The third-order valence-electron chi connectivity index (χ3n) is 5.61. The molecule has 3 heterocycles. The number of likely N-dealkylation sites (N-methyl/N-ethyl adjacent to an activating group) is 1. The van der Waals surface area contributed by atoms with Crippen molar-refractivity contribution >= 4 is 22.9 Å². The van der Waals surface area contributed by atoms with Crippen molar-refractivity contribution in [3.8, 4) is 5.75 Å². The lowest BCUT2D eigenvalue weighted by atomic mass is 10.1. The molecular weight excluding hydrogens is 388 g/mol. The van der Waals surface area contributed by atoms with E-state index in [9.17, 15) is 4.79 Å². The molecule has 0 aliphatic carbocycles. The normalized spacial score (nSPS) is 12.7. The molecule has 4 aromatic rings. The second kappa shape index (κ2) is 8.14. The van der Waals surface area contributed by atoms with Crippen molar-refractivity contribution in [3.63, 3.8) is 0 Å². The van der Waals surface area contributed by atoms with Gasteiger partial charge in [0.15, 0.2) is 0 Å². The van der Waals surface area contributed by atoms with Gasteiger partial charge in [-0.25, -0.2) is 4.98 Å². The Morgan fingerprint density at radius 2 is 2.06 bits per heavy atom. The minimum Gasteiger partial charge on any atom is -0.487 e. The van der Waals surface area contributed by atoms with E-state index >= 15 is 0 Å². The molecule has 1 N–H and O–H groups in total. The van der Waals surface area contributed by atoms with Crippen LogP contribution in [0.1, 0.15) is 28.5 Å². The SMILES string of the molecule is CCN1CCc2ccc(NC(=O)c3cccc(OCc4cn5ccccc5n4)c3)cc21. The predicted molar refractivity (Wildman–Crippen MR) is 122 cm³/mol. The number of ether oxygens (including phenoxy) is 1. The molecule has 6 nitrogen and oxygen atoms in total. The van der Waals surface area contributed by atoms with Crippen LogP contribution in [-0.4, -0.2) is 28.4 Å². The van der Waals surface area contributed by atoms with Crippen LogP contribution < -0.4 is 15.0 Å². The van der Waals surface area contributed by atoms with Gasteiger partial charge in [-0.1, -0.05) is 18.2 Å². The zero-order valence-corrected chi connectivity index (χ0v) is 17.4. The maximum Gasteiger partial charge on any atom is 0.255 e. The van der Waals surface area contributed by atoms with Gasteiger partial charge in [0.05, 0.1) is 5.69 Å². The maximum absolute atomic E-state index is 12.8. The molecule has 31 heavy (non-hydrogen) atoms. The zero-order valence-electron chi connectivity index (χ0n) is 17.4. The van der Waals surface area contributed by atoms with Crippen LogP contribution in [-0.2, 0) is 13.0 Å². The molecule has 0 saturated carbocycles. The highest BCUT2D eigenvalue weighted by molar-refractivity contribution is 6.04. The smallest absolute Gasteiger partial charge is 0.255 e. The molecule has 0 unspecified atom stereocenters. The number of imidazole rings is 1. The number of anilines is 2. The quantitative estimate of drug-likeness (QED) is 0.505. The molecular formula is C25H24N4O2. The zero-order chi connectivity index (χ0) is 21.2. The fourth-order valence-electron chi connectivity index (χ4n) is 4.00. The van der Waals surface area contributed by atoms with Gasteiger partial charge in [0.25, 0.3) is 5.91 Å². The van der Waals surface area contributed by atoms with Gasteiger partial charge in [-0.05, 0) is 61.4 Å². The summed E-state index contributed by atoms with van der Waals surface area (Å²) in [7, 11) is 0. The average molecular weight is 412 g/mol. The van der Waals surface area contributed by atoms with E-state index in [0.717, 1.165) is 36.5 Å². The summed E-state index contributed by atoms with van der Waals surface area (Å²) < 4.78 is 7.85. The number of carbonyl (C=O) groups excluding carboxylic acids is 1. The second-order valence-corrected chi connectivity index (χ2v) is 7.64. The summed E-state index contributed by atoms with van der Waals surface area (Å²) in [6, 6.07) is 19.2. The van der Waals surface area contributed by atoms with Gasteiger partial charge < -0.3 is 19.4 Å². The van der Waals surface area contributed by atoms with Crippen LogP contribution in [0.15, 0.2) is 73.1 Å². The first-order chi connectivity index (χ1) is 15.2. The Hall–Kier alpha value is -3.80. The van der Waals surface area contributed by atoms with E-state index in [4.69, 9.17) is 4.74 Å². The van der Waals surface area contributed by atoms with Crippen molar-refractivity contribution in [3.05, 3.63) is 89.9 Å². The van der Waals surface area contributed by atoms with Crippen molar-refractivity contribution in [1.82, 2.24) is 9.38 Å². The minimum absolute atomic E-state index is 0.154. The first-order valence-electron chi connectivity index (χ1n) is 10.5. The third kappa shape index (κ3) is 3.97. The Labute approximate surface area is 181 Å². The molecule has 2 aromatic heterocycles. The lowest BCUT2D eigenvalue weighted by Crippen LogP contribution is -2.19. The van der Waals surface area contributed by atoms with Gasteiger partial charge in [0.1, 0.15) is 18.0 Å². The number of nitrogens with zero attached hydrogens (tertiary/aromatic N) is 3. The topological polar surface area (TPSA) is 58.9 Å². The third-order valence-corrected chi connectivity index (χ3v) is 5.61. The number of nitrogens with one attached hydrogen (secondary N) is 1. The monoisotopic (exact) mass is 412 g/mol. The number of rotatable bonds is 6. The van der Waals surface area contributed by atoms with Crippen molar-refractivity contribution < 1.29 is 9.53 Å². The van der Waals surface area contributed by atoms with E-state index in [2.05, 4.69) is 34.3 Å². The van der Waals surface area contributed by atoms with Crippen LogP contribution in [0.4, 0.5) is 11.4 Å². The standard InChI is InChI=1S/C25H24N4O2/c1-2-28-13-11-18-9-10-20(15-23(18)28)27-25(30)19-6-5-7-22(14-19)31-17-21-16-29-12-4-3-8-24(29)26-21/h3-10,12,14-16H,2,11,13,17H2,1H3,(H,27,30). The molecule has 1 amide bonds. The van der Waals surface area contributed by atoms with Crippen molar-refractivity contribution in [2.24, 2.45) is 0 Å². The second-order valence-electron chi connectivity index (χ2n) is 7.64. The van der Waals surface area contributed by atoms with Gasteiger partial charge in [0, 0.05) is 42.4 Å². The summed E-state index contributed by atoms with van der Waals surface area (Å²) in [4.78, 5) is 19.7. The summed E-state index contributed by atoms with van der Waals surface area (Å²) in [6.07, 6.45) is 4.96. The lowest BCUT2D eigenvalue weighted by Gasteiger charge is -2.17. The number of amides is 1. The predicted octanol–water partition coefficient (Wildman–Crippen LogP) is 4.55. The first-order valence-corrected chi connectivity index (χ1v) is 10.5. The number of hydrogen-bond donors (Lipinski definition) is 1. The Balaban J connectivity index is 1.27. The molecule has 0 radical (unpaired) electrons. The van der Waals surface area contributed by atoms with E-state index in [1.54, 1.807) is 12.1 Å². The molecule has 156 valence electrons. The Kier molecular flexibility index (Phi) is 5.04. The summed E-state index contributed by atoms with van der Waals surface area (Å²) in [6.45, 7) is 4.49. The Morgan fingerprint density at radius 3 is 2.94 bits per heavy atom. The maximum atomic E-state index is 12.8. The Morgan fingerprint density at radius 1 is 1.13 bits per heavy atom. The molecule has 0 bridgehead atoms. The highest BCUT2D eigenvalue weighted by atomic mass is 16.5. The van der Waals surface area contributed by atoms with Crippen LogP contribution >= 0.6 is 0 Å². The molecule has 0 fully saturated rings. The van der Waals surface area contributed by atoms with Crippen molar-refractivity contribution in [2.75, 3.05) is 23.3 Å². The fourth-order valence-corrected chi connectivity index (χ4v) is 4.00. The van der Waals surface area contributed by atoms with E-state index < -0.39 is 0 Å². The molecule has 0 spiro atoms. The number of carbonyl (C=O) groups is 1. The van der Waals surface area contributed by atoms with Crippen LogP contribution in [0.25, 0.3) is 5.65 Å². The van der Waals surface area contributed by atoms with Crippen molar-refractivity contribution in [2.45, 2.75) is 20.0 Å². The number of benzene rings is 2. The van der Waals surface area contributed by atoms with E-state index in [-0.39, 0.29) is 5.91 Å². The molecule has 0 atom stereocenters. The van der Waals surface area contributed by atoms with E-state index in [1.807, 2.05) is 53.2 Å². The van der Waals surface area contributed by atoms with E-state index in [1.165, 1.54) is 11.3 Å². The number of aromatic nitrogens is 2. The first kappa shape index (κ1) is 19.2. The van der Waals surface area contributed by atoms with Crippen LogP contribution in [0, 0.1) is 0 Å². The Bertz CT molecular complexity index is 1210. The number of hydrogen-bond acceptors (Lipinski definition) is 4. The summed E-state index contributed by atoms with van der Waals surface area (Å²) in [5, 5.41) is 3.01. The summed E-state index contributed by atoms with van der Waals surface area (Å²) in [5.74, 6) is 0.481. The van der Waals surface area contributed by atoms with Crippen LogP contribution in [0.3, 0.4) is 0 Å². The largest absolute Gasteiger partial charge is 0.487 e. The summed E-state index contributed by atoms with van der Waals surface area (Å²) in [5.41, 5.74) is 5.62. The molecule has 1 aliphatic heterocycles. The molecule has 6 heteroatoms. The number of fused-ring (bicyclic) bond motifs is 2. The van der Waals surface area contributed by atoms with Gasteiger partial charge in [0.2, 0.25) is 0 Å². The van der Waals surface area contributed by atoms with Crippen LogP contribution in [0.2, 0.25) is 0 Å². The molecule has 1 aliphatic rings. The molecule has 5 rings (SSSR count).